The van der Waals surface area contributed by atoms with Crippen molar-refractivity contribution < 1.29 is 5.11 Å². The Hall–Kier alpha value is -2.58. The molecule has 0 radical (unpaired) electrons. The van der Waals surface area contributed by atoms with E-state index < -0.39 is 5.60 Å². The number of aliphatic hydroxyl groups is 1. The highest BCUT2D eigenvalue weighted by Crippen LogP contribution is 2.36. The maximum absolute atomic E-state index is 11.9. The lowest BCUT2D eigenvalue weighted by Crippen LogP contribution is -2.28. The molecule has 0 heterocycles. The molecule has 0 saturated carbocycles. The Morgan fingerprint density at radius 2 is 0.865 bits per heavy atom. The predicted molar refractivity (Wildman–Crippen MR) is 160 cm³/mol. The molecule has 0 saturated heterocycles. The maximum atomic E-state index is 11.9. The number of benzene rings is 3. The number of rotatable bonds is 19. The Balaban J connectivity index is 1.33. The summed E-state index contributed by atoms with van der Waals surface area (Å²) in [5.41, 5.74) is 2.58. The molecule has 0 aliphatic carbocycles. The Kier molecular flexibility index (Phi) is 13.3. The van der Waals surface area contributed by atoms with E-state index in [1.165, 1.54) is 89.9 Å². The molecule has 0 aromatic heterocycles. The molecule has 37 heavy (non-hydrogen) atoms. The van der Waals surface area contributed by atoms with Crippen molar-refractivity contribution in [2.24, 2.45) is 0 Å². The van der Waals surface area contributed by atoms with Crippen LogP contribution in [-0.4, -0.2) is 11.7 Å². The van der Waals surface area contributed by atoms with E-state index in [0.29, 0.717) is 0 Å². The Morgan fingerprint density at radius 3 is 1.30 bits per heavy atom. The Morgan fingerprint density at radius 1 is 0.486 bits per heavy atom. The number of unbranched alkanes of at least 4 members (excludes halogenated alkanes) is 13. The minimum atomic E-state index is -1.17. The van der Waals surface area contributed by atoms with Gasteiger partial charge in [-0.25, -0.2) is 0 Å². The molecule has 3 aromatic carbocycles. The first-order valence-corrected chi connectivity index (χ1v) is 14.9. The molecule has 2 N–H and O–H groups in total. The van der Waals surface area contributed by atoms with Crippen molar-refractivity contribution in [1.29, 1.82) is 0 Å². The molecule has 3 rings (SSSR count). The second-order valence-electron chi connectivity index (χ2n) is 10.5. The standard InChI is InChI=1S/C35H49NO/c1-2-3-4-5-6-7-8-9-10-11-12-13-14-21-30-36-34-28-26-33(27-29-34)35(37,31-22-17-15-18-23-31)32-24-19-16-20-25-32/h15-20,22-29,36-37H,2-14,21,30H2,1H3. The van der Waals surface area contributed by atoms with Gasteiger partial charge >= 0.3 is 0 Å². The summed E-state index contributed by atoms with van der Waals surface area (Å²) in [5, 5.41) is 15.5. The van der Waals surface area contributed by atoms with E-state index in [0.717, 1.165) is 28.9 Å². The normalized spacial score (nSPS) is 11.5. The van der Waals surface area contributed by atoms with Gasteiger partial charge in [0.15, 0.2) is 0 Å². The zero-order chi connectivity index (χ0) is 26.0. The zero-order valence-electron chi connectivity index (χ0n) is 23.1. The molecular formula is C35H49NO. The van der Waals surface area contributed by atoms with Crippen molar-refractivity contribution in [1.82, 2.24) is 0 Å². The highest BCUT2D eigenvalue weighted by atomic mass is 16.3. The maximum Gasteiger partial charge on any atom is 0.140 e. The van der Waals surface area contributed by atoms with Crippen LogP contribution in [0.25, 0.3) is 0 Å². The van der Waals surface area contributed by atoms with E-state index in [4.69, 9.17) is 0 Å². The second kappa shape index (κ2) is 17.0. The first-order chi connectivity index (χ1) is 18.2. The summed E-state index contributed by atoms with van der Waals surface area (Å²) in [7, 11) is 0. The molecule has 0 aliphatic rings. The predicted octanol–water partition coefficient (Wildman–Crippen LogP) is 9.86. The van der Waals surface area contributed by atoms with Gasteiger partial charge in [-0.15, -0.1) is 0 Å². The van der Waals surface area contributed by atoms with Crippen LogP contribution >= 0.6 is 0 Å². The van der Waals surface area contributed by atoms with Gasteiger partial charge in [-0.2, -0.15) is 0 Å². The fourth-order valence-corrected chi connectivity index (χ4v) is 5.24. The van der Waals surface area contributed by atoms with Gasteiger partial charge in [-0.05, 0) is 35.2 Å². The van der Waals surface area contributed by atoms with E-state index in [1.807, 2.05) is 72.8 Å². The van der Waals surface area contributed by atoms with E-state index in [2.05, 4.69) is 24.4 Å². The van der Waals surface area contributed by atoms with Gasteiger partial charge in [0.25, 0.3) is 0 Å². The van der Waals surface area contributed by atoms with Crippen LogP contribution in [0.2, 0.25) is 0 Å². The van der Waals surface area contributed by atoms with E-state index >= 15 is 0 Å². The molecule has 2 heteroatoms. The van der Waals surface area contributed by atoms with Crippen LogP contribution in [0.5, 0.6) is 0 Å². The van der Waals surface area contributed by atoms with Crippen LogP contribution in [0.1, 0.15) is 114 Å². The molecular weight excluding hydrogens is 450 g/mol. The van der Waals surface area contributed by atoms with Crippen LogP contribution in [0.4, 0.5) is 5.69 Å². The Labute approximate surface area is 226 Å². The fraction of sp³-hybridized carbons (Fsp3) is 0.486. The quantitative estimate of drug-likeness (QED) is 0.127. The van der Waals surface area contributed by atoms with E-state index in [1.54, 1.807) is 0 Å². The molecule has 0 unspecified atom stereocenters. The average molecular weight is 500 g/mol. The lowest BCUT2D eigenvalue weighted by molar-refractivity contribution is 0.126. The van der Waals surface area contributed by atoms with Gasteiger partial charge in [-0.1, -0.05) is 163 Å². The lowest BCUT2D eigenvalue weighted by Gasteiger charge is -2.30. The van der Waals surface area contributed by atoms with Crippen molar-refractivity contribution in [2.75, 3.05) is 11.9 Å². The summed E-state index contributed by atoms with van der Waals surface area (Å²) in [4.78, 5) is 0. The van der Waals surface area contributed by atoms with Crippen LogP contribution < -0.4 is 5.32 Å². The summed E-state index contributed by atoms with van der Waals surface area (Å²) >= 11 is 0. The zero-order valence-corrected chi connectivity index (χ0v) is 23.1. The number of hydrogen-bond donors (Lipinski definition) is 2. The van der Waals surface area contributed by atoms with Crippen LogP contribution in [0.3, 0.4) is 0 Å². The number of nitrogens with one attached hydrogen (secondary N) is 1. The third-order valence-electron chi connectivity index (χ3n) is 7.55. The van der Waals surface area contributed by atoms with Crippen molar-refractivity contribution in [3.8, 4) is 0 Å². The summed E-state index contributed by atoms with van der Waals surface area (Å²) in [6, 6.07) is 28.2. The van der Waals surface area contributed by atoms with Crippen LogP contribution in [0.15, 0.2) is 84.9 Å². The van der Waals surface area contributed by atoms with Crippen molar-refractivity contribution in [2.45, 2.75) is 102 Å². The molecule has 200 valence electrons. The summed E-state index contributed by atoms with van der Waals surface area (Å²) in [6.45, 7) is 3.29. The first-order valence-electron chi connectivity index (χ1n) is 14.9. The molecule has 0 atom stereocenters. The van der Waals surface area contributed by atoms with Crippen molar-refractivity contribution >= 4 is 5.69 Å². The summed E-state index contributed by atoms with van der Waals surface area (Å²) in [6.07, 6.45) is 19.4. The largest absolute Gasteiger partial charge is 0.385 e. The molecule has 0 amide bonds. The fourth-order valence-electron chi connectivity index (χ4n) is 5.24. The monoisotopic (exact) mass is 499 g/mol. The molecule has 2 nitrogen and oxygen atoms in total. The summed E-state index contributed by atoms with van der Waals surface area (Å²) in [5.74, 6) is 0. The molecule has 0 aliphatic heterocycles. The minimum absolute atomic E-state index is 0.879. The van der Waals surface area contributed by atoms with E-state index in [9.17, 15) is 5.11 Å². The van der Waals surface area contributed by atoms with Gasteiger partial charge in [0.05, 0.1) is 0 Å². The lowest BCUT2D eigenvalue weighted by atomic mass is 9.80. The highest BCUT2D eigenvalue weighted by Gasteiger charge is 2.33. The molecule has 0 spiro atoms. The molecule has 3 aromatic rings. The second-order valence-corrected chi connectivity index (χ2v) is 10.5. The Bertz CT molecular complexity index is 912. The third kappa shape index (κ3) is 9.67. The van der Waals surface area contributed by atoms with Crippen molar-refractivity contribution in [3.05, 3.63) is 102 Å². The van der Waals surface area contributed by atoms with Crippen molar-refractivity contribution in [3.63, 3.8) is 0 Å². The van der Waals surface area contributed by atoms with Gasteiger partial charge < -0.3 is 10.4 Å². The van der Waals surface area contributed by atoms with Crippen LogP contribution in [-0.2, 0) is 5.60 Å². The smallest absolute Gasteiger partial charge is 0.140 e. The molecule has 0 fully saturated rings. The first kappa shape index (κ1) is 29.0. The molecule has 0 bridgehead atoms. The van der Waals surface area contributed by atoms with Gasteiger partial charge in [0.1, 0.15) is 5.60 Å². The number of hydrogen-bond acceptors (Lipinski definition) is 2. The van der Waals surface area contributed by atoms with Gasteiger partial charge in [0.2, 0.25) is 0 Å². The topological polar surface area (TPSA) is 32.3 Å². The van der Waals surface area contributed by atoms with E-state index in [-0.39, 0.29) is 0 Å². The summed E-state index contributed by atoms with van der Waals surface area (Å²) < 4.78 is 0. The number of anilines is 1. The SMILES string of the molecule is CCCCCCCCCCCCCCCCNc1ccc(C(O)(c2ccccc2)c2ccccc2)cc1. The highest BCUT2D eigenvalue weighted by molar-refractivity contribution is 5.51. The van der Waals surface area contributed by atoms with Crippen LogP contribution in [0, 0.1) is 0 Å². The van der Waals surface area contributed by atoms with Gasteiger partial charge in [0, 0.05) is 12.2 Å². The van der Waals surface area contributed by atoms with Gasteiger partial charge in [-0.3, -0.25) is 0 Å². The minimum Gasteiger partial charge on any atom is -0.385 e. The third-order valence-corrected chi connectivity index (χ3v) is 7.55. The average Bonchev–Trinajstić information content (AvgIpc) is 2.96.